The molecule has 1 N–H and O–H groups in total. The zero-order valence-electron chi connectivity index (χ0n) is 10.7. The lowest BCUT2D eigenvalue weighted by molar-refractivity contribution is 0.119. The Hall–Kier alpha value is -0.120. The van der Waals surface area contributed by atoms with Crippen LogP contribution in [0.3, 0.4) is 0 Å². The van der Waals surface area contributed by atoms with Crippen LogP contribution < -0.4 is 5.32 Å². The van der Waals surface area contributed by atoms with Gasteiger partial charge in [-0.1, -0.05) is 0 Å². The molecule has 0 amide bonds. The van der Waals surface area contributed by atoms with Crippen LogP contribution in [0.1, 0.15) is 33.1 Å². The summed E-state index contributed by atoms with van der Waals surface area (Å²) in [5.74, 6) is 0.732. The highest BCUT2D eigenvalue weighted by molar-refractivity contribution is 4.76. The minimum Gasteiger partial charge on any atom is -0.378 e. The van der Waals surface area contributed by atoms with Crippen LogP contribution in [-0.2, 0) is 4.74 Å². The van der Waals surface area contributed by atoms with Gasteiger partial charge >= 0.3 is 0 Å². The van der Waals surface area contributed by atoms with Gasteiger partial charge in [0.05, 0.1) is 12.7 Å². The topological polar surface area (TPSA) is 24.5 Å². The van der Waals surface area contributed by atoms with E-state index >= 15 is 0 Å². The van der Waals surface area contributed by atoms with Gasteiger partial charge in [-0.2, -0.15) is 0 Å². The Kier molecular flexibility index (Phi) is 4.62. The number of hydrogen-bond acceptors (Lipinski definition) is 3. The molecule has 2 saturated heterocycles. The van der Waals surface area contributed by atoms with E-state index in [1.54, 1.807) is 0 Å². The molecule has 2 heterocycles. The summed E-state index contributed by atoms with van der Waals surface area (Å²) in [6.45, 7) is 10.4. The first kappa shape index (κ1) is 12.3. The highest BCUT2D eigenvalue weighted by atomic mass is 16.5. The molecule has 0 aromatic heterocycles. The minimum absolute atomic E-state index is 0.473. The molecule has 3 nitrogen and oxygen atoms in total. The molecule has 0 spiro atoms. The van der Waals surface area contributed by atoms with Gasteiger partial charge in [0, 0.05) is 19.1 Å². The molecule has 0 saturated carbocycles. The van der Waals surface area contributed by atoms with Crippen molar-refractivity contribution in [3.05, 3.63) is 0 Å². The summed E-state index contributed by atoms with van der Waals surface area (Å²) in [5, 5.41) is 3.65. The van der Waals surface area contributed by atoms with E-state index in [9.17, 15) is 0 Å². The molecule has 0 bridgehead atoms. The second-order valence-electron chi connectivity index (χ2n) is 5.56. The summed E-state index contributed by atoms with van der Waals surface area (Å²) in [6, 6.07) is 0.619. The summed E-state index contributed by atoms with van der Waals surface area (Å²) in [6.07, 6.45) is 4.48. The van der Waals surface area contributed by atoms with Gasteiger partial charge < -0.3 is 15.0 Å². The van der Waals surface area contributed by atoms with Crippen molar-refractivity contribution in [2.45, 2.75) is 45.3 Å². The number of ether oxygens (including phenoxy) is 1. The third-order valence-electron chi connectivity index (χ3n) is 3.77. The maximum Gasteiger partial charge on any atom is 0.0551 e. The van der Waals surface area contributed by atoms with E-state index in [2.05, 4.69) is 24.1 Å². The van der Waals surface area contributed by atoms with Crippen LogP contribution >= 0.6 is 0 Å². The van der Waals surface area contributed by atoms with E-state index in [0.29, 0.717) is 12.1 Å². The van der Waals surface area contributed by atoms with Gasteiger partial charge in [-0.3, -0.25) is 0 Å². The van der Waals surface area contributed by atoms with Gasteiger partial charge in [0.1, 0.15) is 0 Å². The van der Waals surface area contributed by atoms with E-state index in [1.807, 2.05) is 0 Å². The monoisotopic (exact) mass is 226 g/mol. The van der Waals surface area contributed by atoms with Gasteiger partial charge in [-0.25, -0.2) is 0 Å². The van der Waals surface area contributed by atoms with Crippen molar-refractivity contribution >= 4 is 0 Å². The first-order valence-electron chi connectivity index (χ1n) is 6.81. The van der Waals surface area contributed by atoms with Crippen molar-refractivity contribution in [3.63, 3.8) is 0 Å². The van der Waals surface area contributed by atoms with Crippen molar-refractivity contribution in [1.82, 2.24) is 10.2 Å². The quantitative estimate of drug-likeness (QED) is 0.768. The number of nitrogens with zero attached hydrogens (tertiary/aromatic N) is 1. The Morgan fingerprint density at radius 3 is 2.75 bits per heavy atom. The van der Waals surface area contributed by atoms with E-state index in [4.69, 9.17) is 4.74 Å². The summed E-state index contributed by atoms with van der Waals surface area (Å²) in [7, 11) is 0. The molecular weight excluding hydrogens is 200 g/mol. The average molecular weight is 226 g/mol. The standard InChI is InChI=1S/C13H26N2O/c1-11(9-15-5-3-4-6-15)14-8-13-7-12(2)16-10-13/h11-14H,3-10H2,1-2H3. The van der Waals surface area contributed by atoms with Crippen LogP contribution in [0.25, 0.3) is 0 Å². The van der Waals surface area contributed by atoms with Crippen LogP contribution in [0.2, 0.25) is 0 Å². The Bertz CT molecular complexity index is 204. The van der Waals surface area contributed by atoms with Crippen molar-refractivity contribution in [1.29, 1.82) is 0 Å². The first-order chi connectivity index (χ1) is 7.74. The molecular formula is C13H26N2O. The Labute approximate surface area is 99.5 Å². The second-order valence-corrected chi connectivity index (χ2v) is 5.56. The maximum absolute atomic E-state index is 5.58. The van der Waals surface area contributed by atoms with Gasteiger partial charge in [0.25, 0.3) is 0 Å². The molecule has 2 aliphatic rings. The molecule has 94 valence electrons. The maximum atomic E-state index is 5.58. The van der Waals surface area contributed by atoms with Crippen molar-refractivity contribution < 1.29 is 4.74 Å². The number of rotatable bonds is 5. The summed E-state index contributed by atoms with van der Waals surface area (Å²) in [4.78, 5) is 2.57. The molecule has 16 heavy (non-hydrogen) atoms. The second kappa shape index (κ2) is 5.99. The lowest BCUT2D eigenvalue weighted by atomic mass is 10.1. The van der Waals surface area contributed by atoms with Crippen LogP contribution in [0.5, 0.6) is 0 Å². The zero-order valence-corrected chi connectivity index (χ0v) is 10.7. The fourth-order valence-corrected chi connectivity index (χ4v) is 2.83. The molecule has 3 heteroatoms. The van der Waals surface area contributed by atoms with Gasteiger partial charge in [0.15, 0.2) is 0 Å². The third kappa shape index (κ3) is 3.72. The van der Waals surface area contributed by atoms with Gasteiger partial charge in [-0.15, -0.1) is 0 Å². The smallest absolute Gasteiger partial charge is 0.0551 e. The van der Waals surface area contributed by atoms with Crippen molar-refractivity contribution in [3.8, 4) is 0 Å². The van der Waals surface area contributed by atoms with Crippen LogP contribution in [0.4, 0.5) is 0 Å². The fourth-order valence-electron chi connectivity index (χ4n) is 2.83. The molecule has 0 aliphatic carbocycles. The summed E-state index contributed by atoms with van der Waals surface area (Å²) >= 11 is 0. The highest BCUT2D eigenvalue weighted by Gasteiger charge is 2.22. The first-order valence-corrected chi connectivity index (χ1v) is 6.81. The SMILES string of the molecule is CC(CN1CCCC1)NCC1COC(C)C1. The van der Waals surface area contributed by atoms with Crippen LogP contribution in [-0.4, -0.2) is 49.8 Å². The van der Waals surface area contributed by atoms with Crippen molar-refractivity contribution in [2.24, 2.45) is 5.92 Å². The summed E-state index contributed by atoms with van der Waals surface area (Å²) < 4.78 is 5.58. The molecule has 3 unspecified atom stereocenters. The van der Waals surface area contributed by atoms with Crippen LogP contribution in [0, 0.1) is 5.92 Å². The summed E-state index contributed by atoms with van der Waals surface area (Å²) in [5.41, 5.74) is 0. The molecule has 2 rings (SSSR count). The predicted molar refractivity (Wildman–Crippen MR) is 66.7 cm³/mol. The lowest BCUT2D eigenvalue weighted by Gasteiger charge is -2.22. The molecule has 3 atom stereocenters. The number of likely N-dealkylation sites (tertiary alicyclic amines) is 1. The largest absolute Gasteiger partial charge is 0.378 e. The van der Waals surface area contributed by atoms with Gasteiger partial charge in [-0.05, 0) is 52.1 Å². The molecule has 0 radical (unpaired) electrons. The molecule has 0 aromatic carbocycles. The minimum atomic E-state index is 0.473. The van der Waals surface area contributed by atoms with E-state index in [0.717, 1.165) is 19.1 Å². The zero-order chi connectivity index (χ0) is 11.4. The average Bonchev–Trinajstić information content (AvgIpc) is 2.87. The van der Waals surface area contributed by atoms with Gasteiger partial charge in [0.2, 0.25) is 0 Å². The lowest BCUT2D eigenvalue weighted by Crippen LogP contribution is -2.40. The Balaban J connectivity index is 1.58. The number of hydrogen-bond donors (Lipinski definition) is 1. The third-order valence-corrected chi connectivity index (χ3v) is 3.77. The Morgan fingerprint density at radius 2 is 2.12 bits per heavy atom. The van der Waals surface area contributed by atoms with E-state index in [-0.39, 0.29) is 0 Å². The highest BCUT2D eigenvalue weighted by Crippen LogP contribution is 2.18. The number of nitrogens with one attached hydrogen (secondary N) is 1. The van der Waals surface area contributed by atoms with Crippen molar-refractivity contribution in [2.75, 3.05) is 32.8 Å². The molecule has 2 aliphatic heterocycles. The van der Waals surface area contributed by atoms with E-state index in [1.165, 1.54) is 38.9 Å². The van der Waals surface area contributed by atoms with E-state index < -0.39 is 0 Å². The normalized spacial score (nSPS) is 33.4. The molecule has 2 fully saturated rings. The van der Waals surface area contributed by atoms with Crippen LogP contribution in [0.15, 0.2) is 0 Å². The molecule has 0 aromatic rings. The fraction of sp³-hybridized carbons (Fsp3) is 1.00. The Morgan fingerprint density at radius 1 is 1.38 bits per heavy atom. The predicted octanol–water partition coefficient (Wildman–Crippen LogP) is 1.49.